The van der Waals surface area contributed by atoms with Gasteiger partial charge in [-0.1, -0.05) is 37.3 Å². The maximum atomic E-state index is 5.60. The van der Waals surface area contributed by atoms with Crippen molar-refractivity contribution in [1.82, 2.24) is 5.32 Å². The molecule has 0 saturated heterocycles. The van der Waals surface area contributed by atoms with Crippen molar-refractivity contribution < 1.29 is 9.47 Å². The SMILES string of the molecule is CCNC(CCOCCOC)C1CC1c1ccccc1. The lowest BCUT2D eigenvalue weighted by atomic mass is 10.0. The predicted molar refractivity (Wildman–Crippen MR) is 82.1 cm³/mol. The molecule has 3 atom stereocenters. The number of rotatable bonds is 10. The van der Waals surface area contributed by atoms with Gasteiger partial charge in [0.2, 0.25) is 0 Å². The zero-order chi connectivity index (χ0) is 14.2. The van der Waals surface area contributed by atoms with Gasteiger partial charge in [0.1, 0.15) is 0 Å². The molecular weight excluding hydrogens is 250 g/mol. The number of hydrogen-bond acceptors (Lipinski definition) is 3. The molecule has 0 spiro atoms. The standard InChI is InChI=1S/C17H27NO2/c1-3-18-17(9-10-20-12-11-19-2)16-13-15(16)14-7-5-4-6-8-14/h4-8,15-18H,3,9-13H2,1-2H3. The van der Waals surface area contributed by atoms with Crippen molar-refractivity contribution in [1.29, 1.82) is 0 Å². The summed E-state index contributed by atoms with van der Waals surface area (Å²) >= 11 is 0. The summed E-state index contributed by atoms with van der Waals surface area (Å²) in [6, 6.07) is 11.5. The molecule has 0 radical (unpaired) electrons. The van der Waals surface area contributed by atoms with Gasteiger partial charge in [-0.2, -0.15) is 0 Å². The van der Waals surface area contributed by atoms with E-state index in [0.29, 0.717) is 19.3 Å². The molecule has 0 aromatic heterocycles. The van der Waals surface area contributed by atoms with Crippen LogP contribution in [0.5, 0.6) is 0 Å². The Kier molecular flexibility index (Phi) is 6.51. The Morgan fingerprint density at radius 2 is 2.00 bits per heavy atom. The van der Waals surface area contributed by atoms with Crippen LogP contribution in [-0.2, 0) is 9.47 Å². The van der Waals surface area contributed by atoms with E-state index in [-0.39, 0.29) is 0 Å². The minimum Gasteiger partial charge on any atom is -0.382 e. The van der Waals surface area contributed by atoms with Crippen molar-refractivity contribution >= 4 is 0 Å². The fourth-order valence-corrected chi connectivity index (χ4v) is 2.93. The Hall–Kier alpha value is -0.900. The van der Waals surface area contributed by atoms with Gasteiger partial charge >= 0.3 is 0 Å². The number of nitrogens with one attached hydrogen (secondary N) is 1. The van der Waals surface area contributed by atoms with Crippen LogP contribution in [0, 0.1) is 5.92 Å². The normalized spacial score (nSPS) is 22.7. The second-order valence-electron chi connectivity index (χ2n) is 5.47. The molecule has 0 heterocycles. The topological polar surface area (TPSA) is 30.5 Å². The Morgan fingerprint density at radius 3 is 2.70 bits per heavy atom. The summed E-state index contributed by atoms with van der Waals surface area (Å²) in [4.78, 5) is 0. The molecule has 3 heteroatoms. The molecule has 1 aliphatic carbocycles. The largest absolute Gasteiger partial charge is 0.382 e. The van der Waals surface area contributed by atoms with Crippen LogP contribution in [0.2, 0.25) is 0 Å². The second kappa shape index (κ2) is 8.40. The van der Waals surface area contributed by atoms with Gasteiger partial charge in [0, 0.05) is 19.8 Å². The van der Waals surface area contributed by atoms with Crippen LogP contribution in [0.4, 0.5) is 0 Å². The Labute approximate surface area is 122 Å². The molecule has 20 heavy (non-hydrogen) atoms. The lowest BCUT2D eigenvalue weighted by Crippen LogP contribution is -2.32. The van der Waals surface area contributed by atoms with Gasteiger partial charge in [-0.3, -0.25) is 0 Å². The third kappa shape index (κ3) is 4.58. The summed E-state index contributed by atoms with van der Waals surface area (Å²) in [5.41, 5.74) is 1.49. The molecule has 3 nitrogen and oxygen atoms in total. The first kappa shape index (κ1) is 15.5. The molecule has 0 amide bonds. The van der Waals surface area contributed by atoms with Crippen molar-refractivity contribution in [2.45, 2.75) is 31.7 Å². The summed E-state index contributed by atoms with van der Waals surface area (Å²) in [6.45, 7) is 5.41. The van der Waals surface area contributed by atoms with Gasteiger partial charge in [-0.15, -0.1) is 0 Å². The zero-order valence-electron chi connectivity index (χ0n) is 12.7. The zero-order valence-corrected chi connectivity index (χ0v) is 12.7. The van der Waals surface area contributed by atoms with Crippen LogP contribution < -0.4 is 5.32 Å². The van der Waals surface area contributed by atoms with E-state index in [4.69, 9.17) is 9.47 Å². The molecule has 3 unspecified atom stereocenters. The molecular formula is C17H27NO2. The van der Waals surface area contributed by atoms with Gasteiger partial charge in [0.25, 0.3) is 0 Å². The number of ether oxygens (including phenoxy) is 2. The van der Waals surface area contributed by atoms with Gasteiger partial charge < -0.3 is 14.8 Å². The molecule has 112 valence electrons. The van der Waals surface area contributed by atoms with Crippen LogP contribution in [0.1, 0.15) is 31.2 Å². The highest BCUT2D eigenvalue weighted by molar-refractivity contribution is 5.26. The third-order valence-electron chi connectivity index (χ3n) is 4.06. The van der Waals surface area contributed by atoms with Gasteiger partial charge in [0.05, 0.1) is 13.2 Å². The van der Waals surface area contributed by atoms with Crippen LogP contribution in [-0.4, -0.2) is 39.5 Å². The monoisotopic (exact) mass is 277 g/mol. The molecule has 1 aromatic carbocycles. The molecule has 1 saturated carbocycles. The van der Waals surface area contributed by atoms with Crippen molar-refractivity contribution in [3.63, 3.8) is 0 Å². The Balaban J connectivity index is 1.75. The van der Waals surface area contributed by atoms with Crippen molar-refractivity contribution in [3.8, 4) is 0 Å². The average molecular weight is 277 g/mol. The van der Waals surface area contributed by atoms with E-state index in [2.05, 4.69) is 42.6 Å². The molecule has 1 aromatic rings. The lowest BCUT2D eigenvalue weighted by Gasteiger charge is -2.18. The van der Waals surface area contributed by atoms with Crippen LogP contribution in [0.25, 0.3) is 0 Å². The number of benzene rings is 1. The highest BCUT2D eigenvalue weighted by Crippen LogP contribution is 2.50. The first-order chi connectivity index (χ1) is 9.86. The molecule has 2 rings (SSSR count). The first-order valence-corrected chi connectivity index (χ1v) is 7.71. The number of methoxy groups -OCH3 is 1. The van der Waals surface area contributed by atoms with E-state index < -0.39 is 0 Å². The highest BCUT2D eigenvalue weighted by atomic mass is 16.5. The maximum Gasteiger partial charge on any atom is 0.0700 e. The Bertz CT molecular complexity index is 369. The molecule has 1 aliphatic rings. The molecule has 1 N–H and O–H groups in total. The van der Waals surface area contributed by atoms with E-state index >= 15 is 0 Å². The van der Waals surface area contributed by atoms with Gasteiger partial charge in [-0.05, 0) is 36.8 Å². The summed E-state index contributed by atoms with van der Waals surface area (Å²) in [6.07, 6.45) is 2.39. The van der Waals surface area contributed by atoms with E-state index in [1.807, 2.05) is 0 Å². The predicted octanol–water partition coefficient (Wildman–Crippen LogP) is 2.82. The average Bonchev–Trinajstić information content (AvgIpc) is 3.27. The minimum absolute atomic E-state index is 0.577. The van der Waals surface area contributed by atoms with Crippen molar-refractivity contribution in [2.24, 2.45) is 5.92 Å². The quantitative estimate of drug-likeness (QED) is 0.667. The number of hydrogen-bond donors (Lipinski definition) is 1. The van der Waals surface area contributed by atoms with Crippen LogP contribution in [0.3, 0.4) is 0 Å². The summed E-state index contributed by atoms with van der Waals surface area (Å²) < 4.78 is 10.6. The van der Waals surface area contributed by atoms with E-state index in [1.54, 1.807) is 7.11 Å². The van der Waals surface area contributed by atoms with E-state index in [9.17, 15) is 0 Å². The molecule has 1 fully saturated rings. The summed E-state index contributed by atoms with van der Waals surface area (Å²) in [5, 5.41) is 3.62. The molecule has 0 bridgehead atoms. The van der Waals surface area contributed by atoms with Crippen molar-refractivity contribution in [3.05, 3.63) is 35.9 Å². The highest BCUT2D eigenvalue weighted by Gasteiger charge is 2.43. The van der Waals surface area contributed by atoms with Gasteiger partial charge in [-0.25, -0.2) is 0 Å². The summed E-state index contributed by atoms with van der Waals surface area (Å²) in [7, 11) is 1.71. The maximum absolute atomic E-state index is 5.60. The van der Waals surface area contributed by atoms with Crippen LogP contribution in [0.15, 0.2) is 30.3 Å². The lowest BCUT2D eigenvalue weighted by molar-refractivity contribution is 0.0648. The molecule has 0 aliphatic heterocycles. The fourth-order valence-electron chi connectivity index (χ4n) is 2.93. The smallest absolute Gasteiger partial charge is 0.0700 e. The van der Waals surface area contributed by atoms with E-state index in [1.165, 1.54) is 12.0 Å². The second-order valence-corrected chi connectivity index (χ2v) is 5.47. The minimum atomic E-state index is 0.577. The summed E-state index contributed by atoms with van der Waals surface area (Å²) in [5.74, 6) is 1.50. The Morgan fingerprint density at radius 1 is 1.20 bits per heavy atom. The van der Waals surface area contributed by atoms with E-state index in [0.717, 1.165) is 31.4 Å². The van der Waals surface area contributed by atoms with Crippen LogP contribution >= 0.6 is 0 Å². The van der Waals surface area contributed by atoms with Crippen molar-refractivity contribution in [2.75, 3.05) is 33.5 Å². The fraction of sp³-hybridized carbons (Fsp3) is 0.647. The first-order valence-electron chi connectivity index (χ1n) is 7.71. The third-order valence-corrected chi connectivity index (χ3v) is 4.06. The van der Waals surface area contributed by atoms with Gasteiger partial charge in [0.15, 0.2) is 0 Å².